The van der Waals surface area contributed by atoms with E-state index in [-0.39, 0.29) is 6.17 Å². The molecule has 21 heavy (non-hydrogen) atoms. The highest BCUT2D eigenvalue weighted by molar-refractivity contribution is 5.94. The Labute approximate surface area is 126 Å². The summed E-state index contributed by atoms with van der Waals surface area (Å²) in [5.41, 5.74) is 4.90. The summed E-state index contributed by atoms with van der Waals surface area (Å²) < 4.78 is 0. The van der Waals surface area contributed by atoms with E-state index in [1.54, 1.807) is 0 Å². The summed E-state index contributed by atoms with van der Waals surface area (Å²) >= 11 is 0. The van der Waals surface area contributed by atoms with E-state index in [4.69, 9.17) is 4.99 Å². The maximum atomic E-state index is 4.85. The minimum atomic E-state index is 0.0661. The van der Waals surface area contributed by atoms with Crippen LogP contribution in [0.25, 0.3) is 0 Å². The first-order valence-electron chi connectivity index (χ1n) is 7.32. The van der Waals surface area contributed by atoms with E-state index in [1.807, 2.05) is 6.07 Å². The van der Waals surface area contributed by atoms with Crippen LogP contribution in [0.4, 0.5) is 0 Å². The number of hydrogen-bond donors (Lipinski definition) is 0. The lowest BCUT2D eigenvalue weighted by atomic mass is 10.1. The van der Waals surface area contributed by atoms with Crippen molar-refractivity contribution in [2.45, 2.75) is 26.6 Å². The monoisotopic (exact) mass is 276 g/mol. The quantitative estimate of drug-likeness (QED) is 0.802. The minimum Gasteiger partial charge on any atom is -0.345 e. The van der Waals surface area contributed by atoms with Gasteiger partial charge in [-0.1, -0.05) is 60.7 Å². The molecule has 0 saturated heterocycles. The molecule has 0 amide bonds. The predicted molar refractivity (Wildman–Crippen MR) is 88.0 cm³/mol. The van der Waals surface area contributed by atoms with Crippen LogP contribution in [0.3, 0.4) is 0 Å². The van der Waals surface area contributed by atoms with Crippen LogP contribution in [0.1, 0.15) is 31.1 Å². The summed E-state index contributed by atoms with van der Waals surface area (Å²) in [7, 11) is 0. The van der Waals surface area contributed by atoms with Gasteiger partial charge in [-0.2, -0.15) is 0 Å². The molecule has 106 valence electrons. The molecule has 0 fully saturated rings. The van der Waals surface area contributed by atoms with E-state index in [0.717, 1.165) is 12.3 Å². The first kappa shape index (κ1) is 13.6. The Morgan fingerprint density at radius 3 is 2.19 bits per heavy atom. The van der Waals surface area contributed by atoms with E-state index in [2.05, 4.69) is 79.4 Å². The highest BCUT2D eigenvalue weighted by atomic mass is 15.3. The maximum Gasteiger partial charge on any atom is 0.147 e. The minimum absolute atomic E-state index is 0.0661. The van der Waals surface area contributed by atoms with Crippen LogP contribution in [-0.4, -0.2) is 10.6 Å². The van der Waals surface area contributed by atoms with Crippen LogP contribution in [-0.2, 0) is 6.54 Å². The van der Waals surface area contributed by atoms with Crippen LogP contribution in [0.5, 0.6) is 0 Å². The topological polar surface area (TPSA) is 15.6 Å². The number of nitrogens with zero attached hydrogens (tertiary/aromatic N) is 2. The van der Waals surface area contributed by atoms with Crippen LogP contribution < -0.4 is 0 Å². The molecule has 0 radical (unpaired) electrons. The van der Waals surface area contributed by atoms with Gasteiger partial charge < -0.3 is 4.90 Å². The van der Waals surface area contributed by atoms with Gasteiger partial charge in [-0.05, 0) is 31.1 Å². The van der Waals surface area contributed by atoms with Crippen LogP contribution >= 0.6 is 0 Å². The molecule has 1 heterocycles. The van der Waals surface area contributed by atoms with E-state index in [1.165, 1.54) is 16.8 Å². The van der Waals surface area contributed by atoms with E-state index in [9.17, 15) is 0 Å². The zero-order chi connectivity index (χ0) is 14.7. The van der Waals surface area contributed by atoms with Gasteiger partial charge in [0, 0.05) is 18.0 Å². The van der Waals surface area contributed by atoms with Crippen molar-refractivity contribution in [1.29, 1.82) is 0 Å². The largest absolute Gasteiger partial charge is 0.345 e. The van der Waals surface area contributed by atoms with Crippen molar-refractivity contribution < 1.29 is 0 Å². The smallest absolute Gasteiger partial charge is 0.147 e. The van der Waals surface area contributed by atoms with Gasteiger partial charge in [0.15, 0.2) is 0 Å². The Morgan fingerprint density at radius 1 is 0.905 bits per heavy atom. The Bertz CT molecular complexity index is 656. The summed E-state index contributed by atoms with van der Waals surface area (Å²) in [6.07, 6.45) is 2.22. The first-order valence-corrected chi connectivity index (χ1v) is 7.32. The summed E-state index contributed by atoms with van der Waals surface area (Å²) in [4.78, 5) is 7.21. The zero-order valence-electron chi connectivity index (χ0n) is 12.5. The fraction of sp³-hybridized carbons (Fsp3) is 0.211. The van der Waals surface area contributed by atoms with Crippen molar-refractivity contribution in [1.82, 2.24) is 4.90 Å². The second-order valence-corrected chi connectivity index (χ2v) is 5.45. The Kier molecular flexibility index (Phi) is 3.87. The van der Waals surface area contributed by atoms with Crippen molar-refractivity contribution in [3.05, 3.63) is 83.6 Å². The van der Waals surface area contributed by atoms with Gasteiger partial charge in [0.2, 0.25) is 0 Å². The van der Waals surface area contributed by atoms with Gasteiger partial charge in [-0.25, -0.2) is 0 Å². The third-order valence-corrected chi connectivity index (χ3v) is 3.79. The predicted octanol–water partition coefficient (Wildman–Crippen LogP) is 4.57. The summed E-state index contributed by atoms with van der Waals surface area (Å²) in [5.74, 6) is 0. The van der Waals surface area contributed by atoms with Gasteiger partial charge in [-0.15, -0.1) is 0 Å². The summed E-state index contributed by atoms with van der Waals surface area (Å²) in [6.45, 7) is 5.11. The van der Waals surface area contributed by atoms with Gasteiger partial charge >= 0.3 is 0 Å². The summed E-state index contributed by atoms with van der Waals surface area (Å²) in [6, 6.07) is 21.1. The lowest BCUT2D eigenvalue weighted by molar-refractivity contribution is 0.250. The normalized spacial score (nSPS) is 18.2. The molecule has 0 spiro atoms. The fourth-order valence-corrected chi connectivity index (χ4v) is 2.75. The summed E-state index contributed by atoms with van der Waals surface area (Å²) in [5, 5.41) is 0. The molecule has 2 heteroatoms. The highest BCUT2D eigenvalue weighted by Crippen LogP contribution is 2.31. The lowest BCUT2D eigenvalue weighted by Gasteiger charge is -2.35. The first-order chi connectivity index (χ1) is 10.2. The van der Waals surface area contributed by atoms with Crippen molar-refractivity contribution in [3.8, 4) is 0 Å². The van der Waals surface area contributed by atoms with Gasteiger partial charge in [0.1, 0.15) is 6.17 Å². The molecule has 1 atom stereocenters. The average molecular weight is 276 g/mol. The van der Waals surface area contributed by atoms with Crippen LogP contribution in [0.15, 0.2) is 77.4 Å². The zero-order valence-corrected chi connectivity index (χ0v) is 12.5. The van der Waals surface area contributed by atoms with E-state index in [0.29, 0.717) is 0 Å². The number of rotatable bonds is 3. The average Bonchev–Trinajstić information content (AvgIpc) is 2.51. The second kappa shape index (κ2) is 5.96. The maximum absolute atomic E-state index is 4.85. The molecule has 1 aliphatic rings. The molecular formula is C19H20N2. The number of hydrogen-bond acceptors (Lipinski definition) is 2. The van der Waals surface area contributed by atoms with Crippen molar-refractivity contribution >= 4 is 5.71 Å². The third-order valence-electron chi connectivity index (χ3n) is 3.79. The number of benzene rings is 2. The molecule has 0 aliphatic carbocycles. The fourth-order valence-electron chi connectivity index (χ4n) is 2.75. The molecule has 2 nitrogen and oxygen atoms in total. The second-order valence-electron chi connectivity index (χ2n) is 5.45. The van der Waals surface area contributed by atoms with Crippen molar-refractivity contribution in [2.24, 2.45) is 4.99 Å². The van der Waals surface area contributed by atoms with Crippen molar-refractivity contribution in [3.63, 3.8) is 0 Å². The molecule has 0 saturated carbocycles. The Morgan fingerprint density at radius 2 is 1.52 bits per heavy atom. The molecule has 0 bridgehead atoms. The SMILES string of the molecule is CC1=CC(C)=NC(c2ccccc2)N1Cc1ccccc1. The lowest BCUT2D eigenvalue weighted by Crippen LogP contribution is -2.29. The van der Waals surface area contributed by atoms with Gasteiger partial charge in [0.05, 0.1) is 0 Å². The van der Waals surface area contributed by atoms with Crippen LogP contribution in [0, 0.1) is 0 Å². The molecular weight excluding hydrogens is 256 g/mol. The third kappa shape index (κ3) is 3.05. The van der Waals surface area contributed by atoms with Gasteiger partial charge in [-0.3, -0.25) is 4.99 Å². The Hall–Kier alpha value is -2.35. The molecule has 1 aliphatic heterocycles. The number of aliphatic imine (C=N–C) groups is 1. The van der Waals surface area contributed by atoms with Crippen LogP contribution in [0.2, 0.25) is 0 Å². The van der Waals surface area contributed by atoms with E-state index < -0.39 is 0 Å². The molecule has 1 unspecified atom stereocenters. The molecule has 0 N–H and O–H groups in total. The van der Waals surface area contributed by atoms with E-state index >= 15 is 0 Å². The highest BCUT2D eigenvalue weighted by Gasteiger charge is 2.23. The molecule has 0 aromatic heterocycles. The van der Waals surface area contributed by atoms with Crippen molar-refractivity contribution in [2.75, 3.05) is 0 Å². The Balaban J connectivity index is 1.93. The molecule has 2 aromatic carbocycles. The van der Waals surface area contributed by atoms with Gasteiger partial charge in [0.25, 0.3) is 0 Å². The number of allylic oxidation sites excluding steroid dienone is 2. The standard InChI is InChI=1S/C19H20N2/c1-15-13-16(2)21(14-17-9-5-3-6-10-17)19(20-15)18-11-7-4-8-12-18/h3-13,19H,14H2,1-2H3. The molecule has 3 rings (SSSR count). The molecule has 2 aromatic rings.